The van der Waals surface area contributed by atoms with E-state index < -0.39 is 5.82 Å². The van der Waals surface area contributed by atoms with Crippen LogP contribution in [0, 0.1) is 5.82 Å². The topological polar surface area (TPSA) is 63.1 Å². The van der Waals surface area contributed by atoms with Gasteiger partial charge < -0.3 is 15.0 Å². The van der Waals surface area contributed by atoms with Crippen molar-refractivity contribution in [2.75, 3.05) is 37.5 Å². The van der Waals surface area contributed by atoms with Crippen molar-refractivity contribution in [1.29, 1.82) is 0 Å². The third-order valence-corrected chi connectivity index (χ3v) is 4.25. The molecule has 1 heterocycles. The summed E-state index contributed by atoms with van der Waals surface area (Å²) >= 11 is 0. The van der Waals surface area contributed by atoms with Gasteiger partial charge in [0.2, 0.25) is 5.91 Å². The molecule has 1 atom stereocenters. The highest BCUT2D eigenvalue weighted by atomic mass is 19.1. The molecular formula is C19H21FN3O3+. The number of fused-ring (bicyclic) bond motifs is 1. The standard InChI is InChI=1S/C19H20FN3O3/c1-22(10-13-7-8-17(26-2)14(20)9-13)12-19(25)23-11-18(24)21-15-5-3-4-6-16(15)23/h3-9H,10-12H2,1-2H3,(H,21,24)/p+1. The van der Waals surface area contributed by atoms with Gasteiger partial charge >= 0.3 is 0 Å². The van der Waals surface area contributed by atoms with Gasteiger partial charge in [0.1, 0.15) is 13.1 Å². The molecule has 0 aliphatic carbocycles. The van der Waals surface area contributed by atoms with Crippen LogP contribution in [0.3, 0.4) is 0 Å². The summed E-state index contributed by atoms with van der Waals surface area (Å²) in [6.07, 6.45) is 0. The molecule has 0 saturated carbocycles. The van der Waals surface area contributed by atoms with Crippen LogP contribution in [-0.4, -0.2) is 39.1 Å². The molecule has 0 saturated heterocycles. The van der Waals surface area contributed by atoms with Gasteiger partial charge in [-0.15, -0.1) is 0 Å². The van der Waals surface area contributed by atoms with Crippen LogP contribution in [0.15, 0.2) is 42.5 Å². The fraction of sp³-hybridized carbons (Fsp3) is 0.263. The molecule has 3 rings (SSSR count). The first-order valence-electron chi connectivity index (χ1n) is 8.31. The molecule has 0 radical (unpaired) electrons. The van der Waals surface area contributed by atoms with E-state index in [1.54, 1.807) is 24.3 Å². The molecule has 26 heavy (non-hydrogen) atoms. The van der Waals surface area contributed by atoms with Crippen molar-refractivity contribution in [2.45, 2.75) is 6.54 Å². The van der Waals surface area contributed by atoms with Crippen molar-refractivity contribution in [2.24, 2.45) is 0 Å². The number of likely N-dealkylation sites (N-methyl/N-ethyl adjacent to an activating group) is 1. The lowest BCUT2D eigenvalue weighted by molar-refractivity contribution is -0.885. The third kappa shape index (κ3) is 3.83. The number of hydrogen-bond acceptors (Lipinski definition) is 3. The van der Waals surface area contributed by atoms with E-state index in [0.29, 0.717) is 17.9 Å². The van der Waals surface area contributed by atoms with Gasteiger partial charge in [0.15, 0.2) is 18.1 Å². The van der Waals surface area contributed by atoms with Crippen molar-refractivity contribution in [3.63, 3.8) is 0 Å². The maximum Gasteiger partial charge on any atom is 0.282 e. The predicted molar refractivity (Wildman–Crippen MR) is 95.8 cm³/mol. The van der Waals surface area contributed by atoms with E-state index in [1.165, 1.54) is 18.1 Å². The summed E-state index contributed by atoms with van der Waals surface area (Å²) in [5.41, 5.74) is 2.10. The summed E-state index contributed by atoms with van der Waals surface area (Å²) in [5, 5.41) is 2.76. The summed E-state index contributed by atoms with van der Waals surface area (Å²) in [5.74, 6) is -0.602. The van der Waals surface area contributed by atoms with Crippen molar-refractivity contribution < 1.29 is 23.6 Å². The zero-order valence-electron chi connectivity index (χ0n) is 14.7. The van der Waals surface area contributed by atoms with Crippen LogP contribution >= 0.6 is 0 Å². The van der Waals surface area contributed by atoms with Crippen LogP contribution in [0.1, 0.15) is 5.56 Å². The Balaban J connectivity index is 1.68. The zero-order chi connectivity index (χ0) is 18.7. The molecule has 2 N–H and O–H groups in total. The van der Waals surface area contributed by atoms with Gasteiger partial charge in [0.25, 0.3) is 5.91 Å². The van der Waals surface area contributed by atoms with E-state index in [-0.39, 0.29) is 30.7 Å². The molecule has 1 aliphatic heterocycles. The number of carbonyl (C=O) groups is 2. The minimum atomic E-state index is -0.425. The number of amides is 2. The van der Waals surface area contributed by atoms with Gasteiger partial charge in [0, 0.05) is 5.56 Å². The number of methoxy groups -OCH3 is 1. The van der Waals surface area contributed by atoms with E-state index in [9.17, 15) is 14.0 Å². The second-order valence-electron chi connectivity index (χ2n) is 6.32. The lowest BCUT2D eigenvalue weighted by Crippen LogP contribution is -3.09. The Morgan fingerprint density at radius 2 is 2.08 bits per heavy atom. The number of nitrogens with zero attached hydrogens (tertiary/aromatic N) is 1. The Bertz CT molecular complexity index is 841. The number of benzene rings is 2. The lowest BCUT2D eigenvalue weighted by Gasteiger charge is -2.29. The summed E-state index contributed by atoms with van der Waals surface area (Å²) in [6.45, 7) is 0.671. The van der Waals surface area contributed by atoms with Crippen LogP contribution in [0.2, 0.25) is 0 Å². The molecule has 1 unspecified atom stereocenters. The number of nitrogens with one attached hydrogen (secondary N) is 2. The number of rotatable bonds is 5. The molecule has 2 aromatic carbocycles. The van der Waals surface area contributed by atoms with E-state index >= 15 is 0 Å². The third-order valence-electron chi connectivity index (χ3n) is 4.25. The largest absolute Gasteiger partial charge is 0.494 e. The lowest BCUT2D eigenvalue weighted by atomic mass is 10.1. The van der Waals surface area contributed by atoms with Crippen LogP contribution in [-0.2, 0) is 16.1 Å². The molecule has 7 heteroatoms. The number of hydrogen-bond donors (Lipinski definition) is 2. The minimum Gasteiger partial charge on any atom is -0.494 e. The summed E-state index contributed by atoms with van der Waals surface area (Å²) < 4.78 is 18.7. The predicted octanol–water partition coefficient (Wildman–Crippen LogP) is 0.834. The molecule has 0 aromatic heterocycles. The van der Waals surface area contributed by atoms with E-state index in [4.69, 9.17) is 4.74 Å². The summed E-state index contributed by atoms with van der Waals surface area (Å²) in [6, 6.07) is 12.0. The second-order valence-corrected chi connectivity index (χ2v) is 6.32. The van der Waals surface area contributed by atoms with Gasteiger partial charge in [-0.25, -0.2) is 4.39 Å². The van der Waals surface area contributed by atoms with E-state index in [0.717, 1.165) is 10.5 Å². The fourth-order valence-corrected chi connectivity index (χ4v) is 3.04. The molecular weight excluding hydrogens is 337 g/mol. The quantitative estimate of drug-likeness (QED) is 0.832. The monoisotopic (exact) mass is 358 g/mol. The molecule has 136 valence electrons. The van der Waals surface area contributed by atoms with Crippen molar-refractivity contribution in [3.8, 4) is 5.75 Å². The molecule has 1 aliphatic rings. The Labute approximate surface area is 151 Å². The normalized spacial score (nSPS) is 14.4. The number of para-hydroxylation sites is 2. The Hall–Kier alpha value is -2.93. The van der Waals surface area contributed by atoms with Gasteiger partial charge in [0.05, 0.1) is 25.5 Å². The highest BCUT2D eigenvalue weighted by molar-refractivity contribution is 6.10. The molecule has 6 nitrogen and oxygen atoms in total. The van der Waals surface area contributed by atoms with Crippen molar-refractivity contribution in [1.82, 2.24) is 0 Å². The van der Waals surface area contributed by atoms with E-state index in [1.807, 2.05) is 19.2 Å². The Morgan fingerprint density at radius 3 is 2.81 bits per heavy atom. The number of carbonyl (C=O) groups excluding carboxylic acids is 2. The van der Waals surface area contributed by atoms with Crippen LogP contribution in [0.25, 0.3) is 0 Å². The number of ether oxygens (including phenoxy) is 1. The van der Waals surface area contributed by atoms with Gasteiger partial charge in [-0.3, -0.25) is 14.5 Å². The van der Waals surface area contributed by atoms with Gasteiger partial charge in [-0.2, -0.15) is 0 Å². The molecule has 2 amide bonds. The molecule has 0 bridgehead atoms. The summed E-state index contributed by atoms with van der Waals surface area (Å²) in [7, 11) is 3.27. The van der Waals surface area contributed by atoms with Crippen LogP contribution < -0.4 is 19.9 Å². The number of anilines is 2. The molecule has 0 spiro atoms. The van der Waals surface area contributed by atoms with Crippen LogP contribution in [0.5, 0.6) is 5.75 Å². The highest BCUT2D eigenvalue weighted by Gasteiger charge is 2.28. The van der Waals surface area contributed by atoms with Crippen LogP contribution in [0.4, 0.5) is 15.8 Å². The SMILES string of the molecule is COc1ccc(C[NH+](C)CC(=O)N2CC(=O)Nc3ccccc32)cc1F. The molecule has 0 fully saturated rings. The first-order chi connectivity index (χ1) is 12.5. The summed E-state index contributed by atoms with van der Waals surface area (Å²) in [4.78, 5) is 26.9. The zero-order valence-corrected chi connectivity index (χ0v) is 14.7. The Kier molecular flexibility index (Phi) is 5.18. The Morgan fingerprint density at radius 1 is 1.31 bits per heavy atom. The smallest absolute Gasteiger partial charge is 0.282 e. The first kappa shape index (κ1) is 17.9. The number of quaternary nitrogens is 1. The first-order valence-corrected chi connectivity index (χ1v) is 8.31. The average molecular weight is 358 g/mol. The van der Waals surface area contributed by atoms with Crippen molar-refractivity contribution in [3.05, 3.63) is 53.8 Å². The maximum absolute atomic E-state index is 13.8. The number of halogens is 1. The minimum absolute atomic E-state index is 0.000288. The second kappa shape index (κ2) is 7.53. The highest BCUT2D eigenvalue weighted by Crippen LogP contribution is 2.28. The van der Waals surface area contributed by atoms with Gasteiger partial charge in [-0.05, 0) is 30.3 Å². The van der Waals surface area contributed by atoms with Crippen molar-refractivity contribution >= 4 is 23.2 Å². The van der Waals surface area contributed by atoms with E-state index in [2.05, 4.69) is 5.32 Å². The molecule has 2 aromatic rings. The van der Waals surface area contributed by atoms with Gasteiger partial charge in [-0.1, -0.05) is 12.1 Å². The maximum atomic E-state index is 13.8. The average Bonchev–Trinajstić information content (AvgIpc) is 2.61. The fourth-order valence-electron chi connectivity index (χ4n) is 3.04.